The Kier molecular flexibility index (Phi) is 34.0. The molecular formula is C24H55BrN2. The van der Waals surface area contributed by atoms with Gasteiger partial charge in [-0.15, -0.1) is 0 Å². The number of unbranched alkanes of at least 4 members (excludes halogenated alkanes) is 6. The average Bonchev–Trinajstić information content (AvgIpc) is 2.67. The molecule has 0 bridgehead atoms. The zero-order valence-corrected chi connectivity index (χ0v) is 21.6. The molecule has 0 saturated heterocycles. The van der Waals surface area contributed by atoms with Crippen LogP contribution in [-0.4, -0.2) is 44.2 Å². The minimum Gasteiger partial charge on any atom is -1.00 e. The van der Waals surface area contributed by atoms with Crippen molar-refractivity contribution in [3.63, 3.8) is 0 Å². The van der Waals surface area contributed by atoms with Crippen LogP contribution in [0.1, 0.15) is 119 Å². The highest BCUT2D eigenvalue weighted by Crippen LogP contribution is 2.01. The topological polar surface area (TPSA) is 7.68 Å². The molecule has 3 heteroatoms. The summed E-state index contributed by atoms with van der Waals surface area (Å²) in [5, 5.41) is 0. The average molecular weight is 452 g/mol. The fourth-order valence-electron chi connectivity index (χ4n) is 3.14. The highest BCUT2D eigenvalue weighted by Gasteiger charge is 2.05. The van der Waals surface area contributed by atoms with Gasteiger partial charge in [0.05, 0.1) is 19.6 Å². The fraction of sp³-hybridized carbons (Fsp3) is 1.00. The van der Waals surface area contributed by atoms with Crippen LogP contribution in [0, 0.1) is 0 Å². The molecule has 0 aromatic heterocycles. The summed E-state index contributed by atoms with van der Waals surface area (Å²) in [5.41, 5.74) is 0. The SMILES string of the molecule is CCCCN(CCCC)CCCC.CCCC[NH+](CCCC)CCCC.[Br-]. The van der Waals surface area contributed by atoms with Crippen molar-refractivity contribution in [1.29, 1.82) is 0 Å². The minimum atomic E-state index is 0. The smallest absolute Gasteiger partial charge is 0.0770 e. The monoisotopic (exact) mass is 450 g/mol. The van der Waals surface area contributed by atoms with Crippen molar-refractivity contribution in [1.82, 2.24) is 4.90 Å². The summed E-state index contributed by atoms with van der Waals surface area (Å²) < 4.78 is 0. The molecule has 168 valence electrons. The summed E-state index contributed by atoms with van der Waals surface area (Å²) in [6, 6.07) is 0. The van der Waals surface area contributed by atoms with E-state index in [4.69, 9.17) is 0 Å². The van der Waals surface area contributed by atoms with E-state index in [1.807, 2.05) is 4.90 Å². The highest BCUT2D eigenvalue weighted by atomic mass is 79.9. The van der Waals surface area contributed by atoms with Gasteiger partial charge in [0.1, 0.15) is 0 Å². The van der Waals surface area contributed by atoms with E-state index in [1.54, 1.807) is 0 Å². The molecule has 0 rings (SSSR count). The summed E-state index contributed by atoms with van der Waals surface area (Å²) in [7, 11) is 0. The molecule has 0 aliphatic heterocycles. The van der Waals surface area contributed by atoms with Crippen LogP contribution in [0.4, 0.5) is 0 Å². The predicted molar refractivity (Wildman–Crippen MR) is 121 cm³/mol. The quantitative estimate of drug-likeness (QED) is 0.337. The molecule has 27 heavy (non-hydrogen) atoms. The molecule has 0 amide bonds. The second-order valence-electron chi connectivity index (χ2n) is 7.96. The van der Waals surface area contributed by atoms with Gasteiger partial charge >= 0.3 is 0 Å². The van der Waals surface area contributed by atoms with Gasteiger partial charge in [-0.05, 0) is 58.2 Å². The lowest BCUT2D eigenvalue weighted by molar-refractivity contribution is -0.900. The first-order valence-electron chi connectivity index (χ1n) is 12.3. The molecule has 0 saturated carbocycles. The number of halogens is 1. The lowest BCUT2D eigenvalue weighted by atomic mass is 10.2. The molecule has 0 fully saturated rings. The third kappa shape index (κ3) is 26.4. The predicted octanol–water partition coefficient (Wildman–Crippen LogP) is 2.96. The van der Waals surface area contributed by atoms with Gasteiger partial charge in [-0.3, -0.25) is 0 Å². The maximum Gasteiger partial charge on any atom is 0.0770 e. The van der Waals surface area contributed by atoms with Gasteiger partial charge in [-0.2, -0.15) is 0 Å². The number of hydrogen-bond acceptors (Lipinski definition) is 1. The van der Waals surface area contributed by atoms with Gasteiger partial charge in [0, 0.05) is 0 Å². The number of nitrogens with zero attached hydrogens (tertiary/aromatic N) is 1. The van der Waals surface area contributed by atoms with E-state index in [0.717, 1.165) is 0 Å². The molecule has 1 N–H and O–H groups in total. The van der Waals surface area contributed by atoms with E-state index in [-0.39, 0.29) is 17.0 Å². The van der Waals surface area contributed by atoms with Crippen molar-refractivity contribution in [3.8, 4) is 0 Å². The van der Waals surface area contributed by atoms with Crippen LogP contribution in [-0.2, 0) is 0 Å². The van der Waals surface area contributed by atoms with Crippen LogP contribution in [0.5, 0.6) is 0 Å². The zero-order valence-electron chi connectivity index (χ0n) is 20.1. The Bertz CT molecular complexity index is 174. The van der Waals surface area contributed by atoms with Crippen LogP contribution >= 0.6 is 0 Å². The Balaban J connectivity index is -0.000000411. The maximum absolute atomic E-state index is 2.64. The standard InChI is InChI=1S/2C12H27N.BrH/c2*1-4-7-10-13(11-8-5-2)12-9-6-3;/h2*4-12H2,1-3H3;1H. The zero-order chi connectivity index (χ0) is 19.9. The molecule has 0 aliphatic rings. The van der Waals surface area contributed by atoms with Gasteiger partial charge in [0.25, 0.3) is 0 Å². The molecule has 0 aromatic carbocycles. The number of rotatable bonds is 18. The van der Waals surface area contributed by atoms with Gasteiger partial charge in [0.2, 0.25) is 0 Å². The van der Waals surface area contributed by atoms with E-state index in [0.29, 0.717) is 0 Å². The summed E-state index contributed by atoms with van der Waals surface area (Å²) in [6.45, 7) is 21.8. The molecule has 0 aromatic rings. The third-order valence-electron chi connectivity index (χ3n) is 5.14. The molecule has 2 nitrogen and oxygen atoms in total. The Morgan fingerprint density at radius 3 is 0.926 bits per heavy atom. The van der Waals surface area contributed by atoms with E-state index < -0.39 is 0 Å². The van der Waals surface area contributed by atoms with Crippen molar-refractivity contribution in [2.45, 2.75) is 119 Å². The van der Waals surface area contributed by atoms with Crippen LogP contribution in [0.15, 0.2) is 0 Å². The largest absolute Gasteiger partial charge is 1.00 e. The lowest BCUT2D eigenvalue weighted by Crippen LogP contribution is -3.12. The van der Waals surface area contributed by atoms with Crippen LogP contribution in [0.25, 0.3) is 0 Å². The van der Waals surface area contributed by atoms with E-state index in [2.05, 4.69) is 46.4 Å². The van der Waals surface area contributed by atoms with Crippen molar-refractivity contribution in [2.75, 3.05) is 39.3 Å². The summed E-state index contributed by atoms with van der Waals surface area (Å²) >= 11 is 0. The van der Waals surface area contributed by atoms with Crippen molar-refractivity contribution in [3.05, 3.63) is 0 Å². The highest BCUT2D eigenvalue weighted by molar-refractivity contribution is 4.57. The minimum absolute atomic E-state index is 0. The first-order valence-corrected chi connectivity index (χ1v) is 12.3. The Morgan fingerprint density at radius 2 is 0.704 bits per heavy atom. The number of hydrogen-bond donors (Lipinski definition) is 1. The van der Waals surface area contributed by atoms with E-state index in [9.17, 15) is 0 Å². The molecule has 0 aliphatic carbocycles. The molecular weight excluding hydrogens is 396 g/mol. The maximum atomic E-state index is 2.64. The van der Waals surface area contributed by atoms with Gasteiger partial charge in [0.15, 0.2) is 0 Å². The fourth-order valence-corrected chi connectivity index (χ4v) is 3.14. The molecule has 0 unspecified atom stereocenters. The summed E-state index contributed by atoms with van der Waals surface area (Å²) in [4.78, 5) is 4.47. The van der Waals surface area contributed by atoms with Crippen LogP contribution < -0.4 is 21.9 Å². The molecule has 0 heterocycles. The Morgan fingerprint density at radius 1 is 0.444 bits per heavy atom. The lowest BCUT2D eigenvalue weighted by Gasteiger charge is -2.21. The molecule has 0 radical (unpaired) electrons. The summed E-state index contributed by atoms with van der Waals surface area (Å²) in [6.07, 6.45) is 16.4. The molecule has 0 spiro atoms. The Labute approximate surface area is 184 Å². The van der Waals surface area contributed by atoms with Crippen molar-refractivity contribution >= 4 is 0 Å². The normalized spacial score (nSPS) is 10.7. The second kappa shape index (κ2) is 28.6. The van der Waals surface area contributed by atoms with Gasteiger partial charge in [-0.1, -0.05) is 80.1 Å². The van der Waals surface area contributed by atoms with Gasteiger partial charge in [-0.25, -0.2) is 0 Å². The second-order valence-corrected chi connectivity index (χ2v) is 7.96. The van der Waals surface area contributed by atoms with Gasteiger partial charge < -0.3 is 26.8 Å². The Hall–Kier alpha value is 0.400. The van der Waals surface area contributed by atoms with Crippen molar-refractivity contribution < 1.29 is 21.9 Å². The van der Waals surface area contributed by atoms with Crippen molar-refractivity contribution in [2.24, 2.45) is 0 Å². The first-order chi connectivity index (χ1) is 12.7. The molecule has 0 atom stereocenters. The number of nitrogens with one attached hydrogen (secondary N) is 1. The van der Waals surface area contributed by atoms with Crippen LogP contribution in [0.2, 0.25) is 0 Å². The van der Waals surface area contributed by atoms with Crippen LogP contribution in [0.3, 0.4) is 0 Å². The number of quaternary nitrogens is 1. The van der Waals surface area contributed by atoms with E-state index in [1.165, 1.54) is 116 Å². The first kappa shape index (κ1) is 32.1. The third-order valence-corrected chi connectivity index (χ3v) is 5.14. The van der Waals surface area contributed by atoms with E-state index >= 15 is 0 Å². The summed E-state index contributed by atoms with van der Waals surface area (Å²) in [5.74, 6) is 0.